The highest BCUT2D eigenvalue weighted by Gasteiger charge is 2.34. The minimum Gasteiger partial charge on any atom is -0.478 e. The number of benzene rings is 2. The van der Waals surface area contributed by atoms with Gasteiger partial charge in [0.05, 0.1) is 12.2 Å². The van der Waals surface area contributed by atoms with Crippen LogP contribution >= 0.6 is 0 Å². The van der Waals surface area contributed by atoms with Crippen molar-refractivity contribution in [1.82, 2.24) is 15.5 Å². The molecule has 41 heavy (non-hydrogen) atoms. The molecule has 0 saturated carbocycles. The van der Waals surface area contributed by atoms with Gasteiger partial charge in [-0.25, -0.2) is 9.59 Å². The van der Waals surface area contributed by atoms with Crippen molar-refractivity contribution in [2.75, 3.05) is 20.7 Å². The van der Waals surface area contributed by atoms with E-state index in [1.54, 1.807) is 0 Å². The lowest BCUT2D eigenvalue weighted by Crippen LogP contribution is -2.51. The molecule has 2 aliphatic rings. The van der Waals surface area contributed by atoms with Gasteiger partial charge in [0.1, 0.15) is 28.6 Å². The first-order chi connectivity index (χ1) is 19.4. The van der Waals surface area contributed by atoms with Crippen molar-refractivity contribution in [2.24, 2.45) is 15.7 Å². The molecular formula is C25H23N7O9. The molecule has 2 amide bonds. The number of fused-ring (bicyclic) bond motifs is 1. The van der Waals surface area contributed by atoms with E-state index in [9.17, 15) is 34.5 Å². The second kappa shape index (κ2) is 11.1. The number of carbonyl (C=O) groups is 4. The maximum atomic E-state index is 12.6. The molecule has 16 heteroatoms. The third-order valence-corrected chi connectivity index (χ3v) is 5.64. The standard InChI is InChI=1S/C25H23N7O9/c1-32(2)22(35)11-5-12(23(36)37)7-13(6-11)40-21-17-19(28-15(9-33)20(34)29-17)30-25(31-21)41-16-8-10(18(26)27)3-4-14(16)24(38)39/h3-8,15,33H,9H2,1-2H3,(H3,26,27)(H,29,34)(H,36,37)(H,38,39)(H,28,30,31). The molecule has 2 heterocycles. The Kier molecular flexibility index (Phi) is 7.68. The molecule has 0 spiro atoms. The monoisotopic (exact) mass is 565 g/mol. The fourth-order valence-electron chi connectivity index (χ4n) is 3.65. The Morgan fingerprint density at radius 2 is 1.73 bits per heavy atom. The number of rotatable bonds is 8. The van der Waals surface area contributed by atoms with Gasteiger partial charge in [-0.3, -0.25) is 25.3 Å². The van der Waals surface area contributed by atoms with Gasteiger partial charge >= 0.3 is 18.0 Å². The van der Waals surface area contributed by atoms with Crippen LogP contribution in [-0.4, -0.2) is 88.4 Å². The van der Waals surface area contributed by atoms with Gasteiger partial charge in [-0.05, 0) is 30.3 Å². The largest absolute Gasteiger partial charge is 0.478 e. The van der Waals surface area contributed by atoms with Crippen LogP contribution in [0.3, 0.4) is 0 Å². The van der Waals surface area contributed by atoms with E-state index in [0.717, 1.165) is 12.1 Å². The van der Waals surface area contributed by atoms with Gasteiger partial charge < -0.3 is 40.7 Å². The molecule has 212 valence electrons. The van der Waals surface area contributed by atoms with Crippen LogP contribution in [0.15, 0.2) is 58.0 Å². The summed E-state index contributed by atoms with van der Waals surface area (Å²) in [5, 5.41) is 41.5. The molecule has 4 rings (SSSR count). The predicted octanol–water partition coefficient (Wildman–Crippen LogP) is -0.456. The topological polar surface area (TPSA) is 249 Å². The second-order valence-electron chi connectivity index (χ2n) is 8.77. The molecule has 0 aliphatic carbocycles. The SMILES string of the molecule is CN(C)C(=O)c1cc(OC2=C3NC(=O)C(CO)N=C3NC(Oc3cc(C(=N)N)ccc3C(=O)O)=N2)cc(C(=O)O)c1. The smallest absolute Gasteiger partial charge is 0.339 e. The van der Waals surface area contributed by atoms with Gasteiger partial charge in [-0.15, -0.1) is 0 Å². The average Bonchev–Trinajstić information content (AvgIpc) is 2.92. The molecule has 2 aliphatic heterocycles. The van der Waals surface area contributed by atoms with Crippen LogP contribution in [0.4, 0.5) is 0 Å². The highest BCUT2D eigenvalue weighted by Crippen LogP contribution is 2.26. The van der Waals surface area contributed by atoms with E-state index in [-0.39, 0.29) is 57.0 Å². The molecule has 16 nitrogen and oxygen atoms in total. The molecular weight excluding hydrogens is 542 g/mol. The van der Waals surface area contributed by atoms with E-state index >= 15 is 0 Å². The molecule has 0 saturated heterocycles. The van der Waals surface area contributed by atoms with Crippen molar-refractivity contribution in [3.63, 3.8) is 0 Å². The first kappa shape index (κ1) is 28.2. The Balaban J connectivity index is 1.82. The lowest BCUT2D eigenvalue weighted by molar-refractivity contribution is -0.122. The summed E-state index contributed by atoms with van der Waals surface area (Å²) in [4.78, 5) is 58.0. The Labute approximate surface area is 230 Å². The fourth-order valence-corrected chi connectivity index (χ4v) is 3.65. The third kappa shape index (κ3) is 5.96. The van der Waals surface area contributed by atoms with Crippen LogP contribution in [0.2, 0.25) is 0 Å². The van der Waals surface area contributed by atoms with Gasteiger partial charge in [-0.1, -0.05) is 6.07 Å². The number of amidine groups is 3. The van der Waals surface area contributed by atoms with E-state index in [0.29, 0.717) is 0 Å². The van der Waals surface area contributed by atoms with E-state index in [2.05, 4.69) is 20.6 Å². The summed E-state index contributed by atoms with van der Waals surface area (Å²) in [6.45, 7) is -0.645. The van der Waals surface area contributed by atoms with Crippen molar-refractivity contribution in [2.45, 2.75) is 6.04 Å². The molecule has 2 aromatic rings. The number of nitrogens with zero attached hydrogens (tertiary/aromatic N) is 3. The van der Waals surface area contributed by atoms with E-state index in [1.165, 1.54) is 43.3 Å². The van der Waals surface area contributed by atoms with Crippen LogP contribution in [0.1, 0.15) is 36.6 Å². The van der Waals surface area contributed by atoms with Crippen molar-refractivity contribution in [1.29, 1.82) is 5.41 Å². The van der Waals surface area contributed by atoms with E-state index < -0.39 is 42.4 Å². The first-order valence-corrected chi connectivity index (χ1v) is 11.6. The van der Waals surface area contributed by atoms with Gasteiger partial charge in [0.25, 0.3) is 17.7 Å². The normalized spacial score (nSPS) is 15.9. The average molecular weight is 565 g/mol. The van der Waals surface area contributed by atoms with Gasteiger partial charge in [0.15, 0.2) is 11.9 Å². The summed E-state index contributed by atoms with van der Waals surface area (Å²) in [6.07, 6.45) is 0. The van der Waals surface area contributed by atoms with Crippen molar-refractivity contribution in [3.05, 3.63) is 70.2 Å². The number of carboxylic acid groups (broad SMARTS) is 2. The molecule has 2 aromatic carbocycles. The third-order valence-electron chi connectivity index (χ3n) is 5.64. The van der Waals surface area contributed by atoms with Crippen LogP contribution in [0, 0.1) is 5.41 Å². The molecule has 0 fully saturated rings. The van der Waals surface area contributed by atoms with Gasteiger partial charge in [0, 0.05) is 25.2 Å². The Morgan fingerprint density at radius 1 is 1.02 bits per heavy atom. The van der Waals surface area contributed by atoms with E-state index in [1.807, 2.05) is 0 Å². The summed E-state index contributed by atoms with van der Waals surface area (Å²) in [7, 11) is 2.96. The number of carboxylic acids is 2. The number of aliphatic hydroxyl groups excluding tert-OH is 1. The number of carbonyl (C=O) groups excluding carboxylic acids is 2. The number of hydrogen-bond acceptors (Lipinski definition) is 11. The van der Waals surface area contributed by atoms with Crippen LogP contribution in [0.5, 0.6) is 11.5 Å². The van der Waals surface area contributed by atoms with Crippen LogP contribution < -0.4 is 25.8 Å². The zero-order chi connectivity index (χ0) is 30.0. The zero-order valence-electron chi connectivity index (χ0n) is 21.5. The van der Waals surface area contributed by atoms with Crippen LogP contribution in [-0.2, 0) is 4.79 Å². The Bertz CT molecular complexity index is 1590. The second-order valence-corrected chi connectivity index (χ2v) is 8.77. The molecule has 0 bridgehead atoms. The van der Waals surface area contributed by atoms with Crippen molar-refractivity contribution < 1.29 is 44.0 Å². The number of amides is 2. The van der Waals surface area contributed by atoms with Crippen molar-refractivity contribution in [3.8, 4) is 11.5 Å². The van der Waals surface area contributed by atoms with Gasteiger partial charge in [0.2, 0.25) is 0 Å². The summed E-state index contributed by atoms with van der Waals surface area (Å²) in [5.74, 6) is -5.12. The number of nitrogens with two attached hydrogens (primary N) is 1. The first-order valence-electron chi connectivity index (χ1n) is 11.6. The molecule has 0 radical (unpaired) electrons. The quantitative estimate of drug-likeness (QED) is 0.159. The number of aliphatic imine (C=N–C) groups is 2. The Hall–Kier alpha value is -5.77. The van der Waals surface area contributed by atoms with Gasteiger partial charge in [-0.2, -0.15) is 4.99 Å². The fraction of sp³-hybridized carbons (Fsp3) is 0.160. The van der Waals surface area contributed by atoms with Crippen molar-refractivity contribution >= 4 is 41.4 Å². The highest BCUT2D eigenvalue weighted by atomic mass is 16.5. The van der Waals surface area contributed by atoms with Crippen LogP contribution in [0.25, 0.3) is 0 Å². The van der Waals surface area contributed by atoms with E-state index in [4.69, 9.17) is 20.6 Å². The zero-order valence-corrected chi connectivity index (χ0v) is 21.5. The maximum Gasteiger partial charge on any atom is 0.339 e. The molecule has 1 atom stereocenters. The predicted molar refractivity (Wildman–Crippen MR) is 141 cm³/mol. The number of aromatic carboxylic acids is 2. The minimum atomic E-state index is -1.36. The highest BCUT2D eigenvalue weighted by molar-refractivity contribution is 6.14. The molecule has 0 aromatic heterocycles. The number of nitrogens with one attached hydrogen (secondary N) is 3. The molecule has 1 unspecified atom stereocenters. The summed E-state index contributed by atoms with van der Waals surface area (Å²) >= 11 is 0. The number of nitrogen functional groups attached to an aromatic ring is 1. The lowest BCUT2D eigenvalue weighted by atomic mass is 10.1. The summed E-state index contributed by atoms with van der Waals surface area (Å²) in [5.41, 5.74) is 4.98. The Morgan fingerprint density at radius 3 is 2.34 bits per heavy atom. The number of ether oxygens (including phenoxy) is 2. The lowest BCUT2D eigenvalue weighted by Gasteiger charge is -2.27. The number of aliphatic hydroxyl groups is 1. The minimum absolute atomic E-state index is 0.0149. The number of hydrogen-bond donors (Lipinski definition) is 7. The maximum absolute atomic E-state index is 12.6. The molecule has 8 N–H and O–H groups in total. The summed E-state index contributed by atoms with van der Waals surface area (Å²) < 4.78 is 11.5. The summed E-state index contributed by atoms with van der Waals surface area (Å²) in [6, 6.07) is 5.63.